The fraction of sp³-hybridized carbons (Fsp3) is 0.182. The van der Waals surface area contributed by atoms with Gasteiger partial charge in [0.1, 0.15) is 17.2 Å². The SMILES string of the molecule is COc1cc(O)c(C2=Nc3ccccc3SC2Cc2ccccn2)c(OC)c1. The van der Waals surface area contributed by atoms with Gasteiger partial charge in [0.25, 0.3) is 0 Å². The molecule has 1 atom stereocenters. The quantitative estimate of drug-likeness (QED) is 0.685. The number of para-hydroxylation sites is 1. The zero-order valence-electron chi connectivity index (χ0n) is 15.6. The maximum atomic E-state index is 10.8. The molecule has 5 nitrogen and oxygen atoms in total. The molecule has 1 aliphatic rings. The van der Waals surface area contributed by atoms with E-state index in [-0.39, 0.29) is 11.0 Å². The normalized spacial score (nSPS) is 15.5. The van der Waals surface area contributed by atoms with Crippen LogP contribution in [-0.2, 0) is 6.42 Å². The largest absolute Gasteiger partial charge is 0.507 e. The van der Waals surface area contributed by atoms with Gasteiger partial charge in [-0.05, 0) is 24.3 Å². The van der Waals surface area contributed by atoms with E-state index >= 15 is 0 Å². The monoisotopic (exact) mass is 392 g/mol. The van der Waals surface area contributed by atoms with Gasteiger partial charge in [0.05, 0.1) is 36.4 Å². The van der Waals surface area contributed by atoms with Crippen LogP contribution in [0.3, 0.4) is 0 Å². The van der Waals surface area contributed by atoms with E-state index in [9.17, 15) is 5.11 Å². The second-order valence-electron chi connectivity index (χ2n) is 6.32. The van der Waals surface area contributed by atoms with Crippen LogP contribution >= 0.6 is 11.8 Å². The topological polar surface area (TPSA) is 63.9 Å². The number of phenolic OH excluding ortho intramolecular Hbond substituents is 1. The Hall–Kier alpha value is -2.99. The summed E-state index contributed by atoms with van der Waals surface area (Å²) in [6.07, 6.45) is 2.48. The first-order chi connectivity index (χ1) is 13.7. The van der Waals surface area contributed by atoms with E-state index in [1.54, 1.807) is 44.3 Å². The molecule has 1 N–H and O–H groups in total. The van der Waals surface area contributed by atoms with Gasteiger partial charge >= 0.3 is 0 Å². The number of hydrogen-bond acceptors (Lipinski definition) is 6. The molecular formula is C22H20N2O3S. The number of nitrogens with zero attached hydrogens (tertiary/aromatic N) is 2. The first-order valence-corrected chi connectivity index (χ1v) is 9.77. The molecule has 1 unspecified atom stereocenters. The lowest BCUT2D eigenvalue weighted by molar-refractivity contribution is 0.384. The molecule has 0 spiro atoms. The number of ether oxygens (including phenoxy) is 2. The molecule has 0 amide bonds. The lowest BCUT2D eigenvalue weighted by Crippen LogP contribution is -2.24. The number of phenols is 1. The van der Waals surface area contributed by atoms with Gasteiger partial charge in [0.15, 0.2) is 0 Å². The first kappa shape index (κ1) is 18.4. The van der Waals surface area contributed by atoms with Crippen LogP contribution in [-0.4, -0.2) is 35.3 Å². The van der Waals surface area contributed by atoms with E-state index in [1.165, 1.54) is 0 Å². The van der Waals surface area contributed by atoms with E-state index in [1.807, 2.05) is 36.4 Å². The van der Waals surface area contributed by atoms with Gasteiger partial charge in [-0.2, -0.15) is 0 Å². The Morgan fingerprint density at radius 3 is 2.61 bits per heavy atom. The molecule has 28 heavy (non-hydrogen) atoms. The summed E-state index contributed by atoms with van der Waals surface area (Å²) in [7, 11) is 3.14. The second-order valence-corrected chi connectivity index (χ2v) is 7.56. The van der Waals surface area contributed by atoms with Crippen LogP contribution in [0.15, 0.2) is 70.7 Å². The Balaban J connectivity index is 1.84. The zero-order valence-corrected chi connectivity index (χ0v) is 16.4. The van der Waals surface area contributed by atoms with E-state index in [0.717, 1.165) is 22.0 Å². The van der Waals surface area contributed by atoms with Gasteiger partial charge < -0.3 is 14.6 Å². The van der Waals surface area contributed by atoms with Gasteiger partial charge in [0.2, 0.25) is 0 Å². The molecule has 0 saturated carbocycles. The predicted molar refractivity (Wildman–Crippen MR) is 111 cm³/mol. The number of aromatic hydroxyl groups is 1. The summed E-state index contributed by atoms with van der Waals surface area (Å²) >= 11 is 1.72. The van der Waals surface area contributed by atoms with Crippen LogP contribution in [0.5, 0.6) is 17.2 Å². The highest BCUT2D eigenvalue weighted by Gasteiger charge is 2.30. The van der Waals surface area contributed by atoms with E-state index in [2.05, 4.69) is 11.1 Å². The number of benzene rings is 2. The van der Waals surface area contributed by atoms with Crippen molar-refractivity contribution in [3.63, 3.8) is 0 Å². The number of aliphatic imine (C=N–C) groups is 1. The van der Waals surface area contributed by atoms with Gasteiger partial charge in [-0.1, -0.05) is 18.2 Å². The summed E-state index contributed by atoms with van der Waals surface area (Å²) in [5, 5.41) is 10.7. The van der Waals surface area contributed by atoms with Crippen molar-refractivity contribution in [2.45, 2.75) is 16.6 Å². The molecule has 1 aromatic heterocycles. The predicted octanol–water partition coefficient (Wildman–Crippen LogP) is 4.64. The summed E-state index contributed by atoms with van der Waals surface area (Å²) in [6, 6.07) is 17.3. The number of pyridine rings is 1. The molecule has 0 radical (unpaired) electrons. The van der Waals surface area contributed by atoms with E-state index in [0.29, 0.717) is 23.5 Å². The zero-order chi connectivity index (χ0) is 19.5. The highest BCUT2D eigenvalue weighted by atomic mass is 32.2. The van der Waals surface area contributed by atoms with Crippen molar-refractivity contribution >= 4 is 23.2 Å². The molecule has 0 fully saturated rings. The van der Waals surface area contributed by atoms with Gasteiger partial charge in [-0.15, -0.1) is 11.8 Å². The molecule has 4 rings (SSSR count). The van der Waals surface area contributed by atoms with Crippen molar-refractivity contribution in [1.82, 2.24) is 4.98 Å². The fourth-order valence-electron chi connectivity index (χ4n) is 3.24. The number of methoxy groups -OCH3 is 2. The molecule has 6 heteroatoms. The van der Waals surface area contributed by atoms with Gasteiger partial charge in [0, 0.05) is 35.3 Å². The average molecular weight is 392 g/mol. The Kier molecular flexibility index (Phi) is 5.21. The molecule has 3 aromatic rings. The maximum absolute atomic E-state index is 10.8. The third kappa shape index (κ3) is 3.55. The molecule has 0 aliphatic carbocycles. The molecule has 2 heterocycles. The standard InChI is InChI=1S/C22H20N2O3S/c1-26-15-12-17(25)21(18(13-15)27-2)22-20(11-14-7-5-6-10-23-14)28-19-9-4-3-8-16(19)24-22/h3-10,12-13,20,25H,11H2,1-2H3. The van der Waals surface area contributed by atoms with Crippen LogP contribution < -0.4 is 9.47 Å². The first-order valence-electron chi connectivity index (χ1n) is 8.89. The van der Waals surface area contributed by atoms with Crippen LogP contribution in [0.2, 0.25) is 0 Å². The fourth-order valence-corrected chi connectivity index (χ4v) is 4.47. The summed E-state index contributed by atoms with van der Waals surface area (Å²) in [5.41, 5.74) is 3.22. The number of rotatable bonds is 5. The Morgan fingerprint density at radius 1 is 1.04 bits per heavy atom. The Bertz CT molecular complexity index is 1020. The summed E-state index contributed by atoms with van der Waals surface area (Å²) in [5.74, 6) is 1.14. The lowest BCUT2D eigenvalue weighted by atomic mass is 10.0. The molecule has 0 saturated heterocycles. The maximum Gasteiger partial charge on any atom is 0.135 e. The van der Waals surface area contributed by atoms with Gasteiger partial charge in [-0.25, -0.2) is 0 Å². The van der Waals surface area contributed by atoms with Crippen molar-refractivity contribution in [1.29, 1.82) is 0 Å². The molecule has 2 aromatic carbocycles. The van der Waals surface area contributed by atoms with Crippen molar-refractivity contribution in [2.75, 3.05) is 14.2 Å². The van der Waals surface area contributed by atoms with Gasteiger partial charge in [-0.3, -0.25) is 9.98 Å². The molecule has 0 bridgehead atoms. The van der Waals surface area contributed by atoms with Crippen molar-refractivity contribution in [3.05, 3.63) is 72.1 Å². The van der Waals surface area contributed by atoms with Crippen LogP contribution in [0, 0.1) is 0 Å². The minimum Gasteiger partial charge on any atom is -0.507 e. The minimum atomic E-state index is -0.0157. The number of thioether (sulfide) groups is 1. The average Bonchev–Trinajstić information content (AvgIpc) is 2.73. The molecular weight excluding hydrogens is 372 g/mol. The van der Waals surface area contributed by atoms with Crippen LogP contribution in [0.4, 0.5) is 5.69 Å². The highest BCUT2D eigenvalue weighted by Crippen LogP contribution is 2.44. The van der Waals surface area contributed by atoms with Crippen LogP contribution in [0.25, 0.3) is 0 Å². The summed E-state index contributed by atoms with van der Waals surface area (Å²) in [4.78, 5) is 10.5. The number of fused-ring (bicyclic) bond motifs is 1. The molecule has 142 valence electrons. The Labute approximate surface area is 168 Å². The van der Waals surface area contributed by atoms with E-state index in [4.69, 9.17) is 14.5 Å². The Morgan fingerprint density at radius 2 is 1.86 bits per heavy atom. The third-order valence-electron chi connectivity index (χ3n) is 4.57. The van der Waals surface area contributed by atoms with Crippen LogP contribution in [0.1, 0.15) is 11.3 Å². The molecule has 1 aliphatic heterocycles. The smallest absolute Gasteiger partial charge is 0.135 e. The summed E-state index contributed by atoms with van der Waals surface area (Å²) < 4.78 is 10.8. The summed E-state index contributed by atoms with van der Waals surface area (Å²) in [6.45, 7) is 0. The van der Waals surface area contributed by atoms with Crippen molar-refractivity contribution in [3.8, 4) is 17.2 Å². The minimum absolute atomic E-state index is 0.0157. The van der Waals surface area contributed by atoms with Crippen molar-refractivity contribution in [2.24, 2.45) is 4.99 Å². The number of hydrogen-bond donors (Lipinski definition) is 1. The van der Waals surface area contributed by atoms with Crippen molar-refractivity contribution < 1.29 is 14.6 Å². The van der Waals surface area contributed by atoms with E-state index < -0.39 is 0 Å². The second kappa shape index (κ2) is 7.94. The third-order valence-corrected chi connectivity index (χ3v) is 5.84. The highest BCUT2D eigenvalue weighted by molar-refractivity contribution is 8.01. The lowest BCUT2D eigenvalue weighted by Gasteiger charge is -2.26. The number of aromatic nitrogens is 1.